The standard InChI is InChI=1S/C30H42O9/c1-18-10-19(2)24(29-28(38)27(37)26(36)25(14-31)39-29)12-22(18)11-21-8-6-20(7-9-21)4-3-5-23(35)13-30(15-32,16-33)17-34/h6-10,12,25-29,31-34,36-38H,3-5,11,13-17H2,1-2H3/t25-,26-,27+,28-,29+/m1/s1. The van der Waals surface area contributed by atoms with E-state index in [4.69, 9.17) is 4.74 Å². The quantitative estimate of drug-likeness (QED) is 0.191. The average molecular weight is 547 g/mol. The van der Waals surface area contributed by atoms with Crippen molar-refractivity contribution < 1.29 is 45.3 Å². The number of carbonyl (C=O) groups excluding carboxylic acids is 1. The van der Waals surface area contributed by atoms with Crippen LogP contribution in [0.25, 0.3) is 0 Å². The highest BCUT2D eigenvalue weighted by Gasteiger charge is 2.44. The first kappa shape index (κ1) is 31.3. The number of benzene rings is 2. The summed E-state index contributed by atoms with van der Waals surface area (Å²) in [7, 11) is 0. The maximum Gasteiger partial charge on any atom is 0.133 e. The molecule has 7 N–H and O–H groups in total. The summed E-state index contributed by atoms with van der Waals surface area (Å²) in [6.07, 6.45) is -3.85. The zero-order valence-electron chi connectivity index (χ0n) is 22.7. The first-order valence-electron chi connectivity index (χ1n) is 13.4. The molecule has 0 aromatic heterocycles. The van der Waals surface area contributed by atoms with Crippen LogP contribution >= 0.6 is 0 Å². The molecule has 1 fully saturated rings. The summed E-state index contributed by atoms with van der Waals surface area (Å²) >= 11 is 0. The zero-order valence-corrected chi connectivity index (χ0v) is 22.7. The van der Waals surface area contributed by atoms with Gasteiger partial charge in [0.2, 0.25) is 0 Å². The summed E-state index contributed by atoms with van der Waals surface area (Å²) < 4.78 is 5.79. The van der Waals surface area contributed by atoms with Crippen molar-refractivity contribution in [3.8, 4) is 0 Å². The average Bonchev–Trinajstić information content (AvgIpc) is 2.93. The highest BCUT2D eigenvalue weighted by Crippen LogP contribution is 2.35. The van der Waals surface area contributed by atoms with E-state index in [2.05, 4.69) is 0 Å². The Bertz CT molecular complexity index is 1070. The van der Waals surface area contributed by atoms with Crippen LogP contribution in [-0.4, -0.2) is 92.4 Å². The molecule has 1 aliphatic rings. The summed E-state index contributed by atoms with van der Waals surface area (Å²) in [5.41, 5.74) is 4.63. The molecule has 1 aliphatic heterocycles. The lowest BCUT2D eigenvalue weighted by molar-refractivity contribution is -0.231. The number of carbonyl (C=O) groups is 1. The van der Waals surface area contributed by atoms with Gasteiger partial charge >= 0.3 is 0 Å². The Labute approximate surface area is 229 Å². The molecule has 0 aliphatic carbocycles. The van der Waals surface area contributed by atoms with Crippen LogP contribution in [0.2, 0.25) is 0 Å². The smallest absolute Gasteiger partial charge is 0.133 e. The molecular weight excluding hydrogens is 504 g/mol. The minimum atomic E-state index is -1.44. The molecule has 0 saturated carbocycles. The molecule has 2 aromatic carbocycles. The summed E-state index contributed by atoms with van der Waals surface area (Å²) in [5.74, 6) is -0.103. The van der Waals surface area contributed by atoms with E-state index >= 15 is 0 Å². The van der Waals surface area contributed by atoms with Crippen molar-refractivity contribution >= 4 is 5.78 Å². The normalized spacial score (nSPS) is 23.7. The largest absolute Gasteiger partial charge is 0.396 e. The molecule has 2 aromatic rings. The Hall–Kier alpha value is -2.21. The molecule has 39 heavy (non-hydrogen) atoms. The van der Waals surface area contributed by atoms with Gasteiger partial charge in [0.05, 0.1) is 26.4 Å². The predicted octanol–water partition coefficient (Wildman–Crippen LogP) is 0.654. The van der Waals surface area contributed by atoms with Gasteiger partial charge in [-0.1, -0.05) is 36.4 Å². The molecule has 216 valence electrons. The Morgan fingerprint density at radius 2 is 1.46 bits per heavy atom. The van der Waals surface area contributed by atoms with Crippen LogP contribution in [0.1, 0.15) is 58.7 Å². The second-order valence-corrected chi connectivity index (χ2v) is 10.9. The van der Waals surface area contributed by atoms with Crippen molar-refractivity contribution in [1.29, 1.82) is 0 Å². The van der Waals surface area contributed by atoms with Gasteiger partial charge in [-0.25, -0.2) is 0 Å². The molecule has 3 rings (SSSR count). The maximum absolute atomic E-state index is 12.3. The number of hydrogen-bond donors (Lipinski definition) is 7. The van der Waals surface area contributed by atoms with Crippen LogP contribution in [0.5, 0.6) is 0 Å². The summed E-state index contributed by atoms with van der Waals surface area (Å²) in [5, 5.41) is 68.7. The van der Waals surface area contributed by atoms with E-state index in [0.717, 1.165) is 27.8 Å². The fourth-order valence-corrected chi connectivity index (χ4v) is 5.13. The summed E-state index contributed by atoms with van der Waals surface area (Å²) in [6.45, 7) is 2.08. The number of hydrogen-bond acceptors (Lipinski definition) is 9. The van der Waals surface area contributed by atoms with E-state index in [0.29, 0.717) is 31.2 Å². The second kappa shape index (κ2) is 13.9. The molecule has 0 spiro atoms. The maximum atomic E-state index is 12.3. The Kier molecular flexibility index (Phi) is 11.2. The zero-order chi connectivity index (χ0) is 28.7. The second-order valence-electron chi connectivity index (χ2n) is 10.9. The third kappa shape index (κ3) is 7.50. The van der Waals surface area contributed by atoms with Crippen LogP contribution < -0.4 is 0 Å². The molecule has 0 unspecified atom stereocenters. The van der Waals surface area contributed by atoms with E-state index in [1.807, 2.05) is 50.2 Å². The van der Waals surface area contributed by atoms with Gasteiger partial charge in [-0.3, -0.25) is 4.79 Å². The van der Waals surface area contributed by atoms with Gasteiger partial charge in [0.15, 0.2) is 0 Å². The Morgan fingerprint density at radius 1 is 0.846 bits per heavy atom. The summed E-state index contributed by atoms with van der Waals surface area (Å²) in [4.78, 5) is 12.3. The molecular formula is C30H42O9. The molecule has 1 saturated heterocycles. The topological polar surface area (TPSA) is 168 Å². The van der Waals surface area contributed by atoms with Crippen molar-refractivity contribution in [2.45, 2.75) is 76.5 Å². The number of ether oxygens (including phenoxy) is 1. The lowest BCUT2D eigenvalue weighted by atomic mass is 9.84. The van der Waals surface area contributed by atoms with Crippen LogP contribution in [0.3, 0.4) is 0 Å². The molecule has 0 radical (unpaired) electrons. The van der Waals surface area contributed by atoms with Crippen molar-refractivity contribution in [1.82, 2.24) is 0 Å². The number of aliphatic hydroxyl groups excluding tert-OH is 7. The van der Waals surface area contributed by atoms with E-state index in [1.54, 1.807) is 0 Å². The van der Waals surface area contributed by atoms with Crippen molar-refractivity contribution in [3.05, 3.63) is 69.8 Å². The van der Waals surface area contributed by atoms with Gasteiger partial charge in [-0.2, -0.15) is 0 Å². The fourth-order valence-electron chi connectivity index (χ4n) is 5.13. The van der Waals surface area contributed by atoms with E-state index < -0.39 is 62.4 Å². The number of rotatable bonds is 13. The number of aryl methyl sites for hydroxylation is 3. The summed E-state index contributed by atoms with van der Waals surface area (Å²) in [6, 6.07) is 12.0. The fraction of sp³-hybridized carbons (Fsp3) is 0.567. The molecule has 9 heteroatoms. The Morgan fingerprint density at radius 3 is 2.05 bits per heavy atom. The van der Waals surface area contributed by atoms with E-state index in [9.17, 15) is 40.5 Å². The van der Waals surface area contributed by atoms with Gasteiger partial charge in [-0.15, -0.1) is 0 Å². The number of aliphatic hydroxyl groups is 7. The monoisotopic (exact) mass is 546 g/mol. The van der Waals surface area contributed by atoms with Crippen molar-refractivity contribution in [3.63, 3.8) is 0 Å². The molecule has 9 nitrogen and oxygen atoms in total. The van der Waals surface area contributed by atoms with Crippen molar-refractivity contribution in [2.75, 3.05) is 26.4 Å². The van der Waals surface area contributed by atoms with Crippen LogP contribution in [-0.2, 0) is 22.4 Å². The van der Waals surface area contributed by atoms with Gasteiger partial charge in [0.1, 0.15) is 36.3 Å². The first-order valence-corrected chi connectivity index (χ1v) is 13.4. The minimum Gasteiger partial charge on any atom is -0.396 e. The third-order valence-corrected chi connectivity index (χ3v) is 7.84. The van der Waals surface area contributed by atoms with E-state index in [1.165, 1.54) is 0 Å². The Balaban J connectivity index is 1.64. The molecule has 0 amide bonds. The van der Waals surface area contributed by atoms with Gasteiger partial charge in [0.25, 0.3) is 0 Å². The number of ketones is 1. The van der Waals surface area contributed by atoms with Crippen LogP contribution in [0.15, 0.2) is 36.4 Å². The highest BCUT2D eigenvalue weighted by atomic mass is 16.5. The lowest BCUT2D eigenvalue weighted by Gasteiger charge is -2.40. The number of Topliss-reactive ketones (excluding diaryl/α,β-unsaturated/α-hetero) is 1. The predicted molar refractivity (Wildman–Crippen MR) is 144 cm³/mol. The van der Waals surface area contributed by atoms with Gasteiger partial charge < -0.3 is 40.5 Å². The third-order valence-electron chi connectivity index (χ3n) is 7.84. The first-order chi connectivity index (χ1) is 18.6. The molecule has 5 atom stereocenters. The highest BCUT2D eigenvalue weighted by molar-refractivity contribution is 5.79. The SMILES string of the molecule is Cc1cc(C)c([C@@H]2O[C@H](CO)[C@@H](O)[C@H](O)[C@H]2O)cc1Cc1ccc(CCCC(=O)CC(CO)(CO)CO)cc1. The van der Waals surface area contributed by atoms with E-state index in [-0.39, 0.29) is 12.2 Å². The van der Waals surface area contributed by atoms with Gasteiger partial charge in [-0.05, 0) is 66.5 Å². The lowest BCUT2D eigenvalue weighted by Crippen LogP contribution is -2.55. The van der Waals surface area contributed by atoms with Crippen LogP contribution in [0, 0.1) is 19.3 Å². The van der Waals surface area contributed by atoms with Gasteiger partial charge in [0, 0.05) is 18.3 Å². The van der Waals surface area contributed by atoms with Crippen LogP contribution in [0.4, 0.5) is 0 Å². The van der Waals surface area contributed by atoms with Crippen molar-refractivity contribution in [2.24, 2.45) is 5.41 Å². The minimum absolute atomic E-state index is 0.0591. The molecule has 0 bridgehead atoms. The molecule has 1 heterocycles.